The Bertz CT molecular complexity index is 832. The van der Waals surface area contributed by atoms with Gasteiger partial charge in [-0.3, -0.25) is 9.59 Å². The fourth-order valence-corrected chi connectivity index (χ4v) is 3.23. The summed E-state index contributed by atoms with van der Waals surface area (Å²) in [6.07, 6.45) is -0.329. The molecule has 0 saturated carbocycles. The molecule has 0 spiro atoms. The molecule has 2 aromatic rings. The summed E-state index contributed by atoms with van der Waals surface area (Å²) in [6, 6.07) is 5.60. The van der Waals surface area contributed by atoms with Crippen molar-refractivity contribution in [3.8, 4) is 11.3 Å². The molecule has 0 radical (unpaired) electrons. The van der Waals surface area contributed by atoms with Gasteiger partial charge in [-0.2, -0.15) is 0 Å². The highest BCUT2D eigenvalue weighted by atomic mass is 19.1. The van der Waals surface area contributed by atoms with Gasteiger partial charge in [0, 0.05) is 38.7 Å². The van der Waals surface area contributed by atoms with Crippen LogP contribution in [-0.2, 0) is 4.79 Å². The van der Waals surface area contributed by atoms with E-state index in [9.17, 15) is 19.1 Å². The van der Waals surface area contributed by atoms with E-state index in [0.717, 1.165) is 0 Å². The first-order chi connectivity index (χ1) is 12.9. The van der Waals surface area contributed by atoms with E-state index in [1.807, 2.05) is 0 Å². The molecular formula is C19H22FN3O4. The van der Waals surface area contributed by atoms with Gasteiger partial charge in [-0.15, -0.1) is 0 Å². The number of nitrogens with zero attached hydrogens (tertiary/aromatic N) is 3. The number of amides is 2. The third kappa shape index (κ3) is 4.00. The Balaban J connectivity index is 1.89. The Kier molecular flexibility index (Phi) is 5.55. The molecule has 1 aromatic carbocycles. The van der Waals surface area contributed by atoms with Crippen LogP contribution in [0.3, 0.4) is 0 Å². The van der Waals surface area contributed by atoms with Gasteiger partial charge in [0.2, 0.25) is 11.7 Å². The number of benzene rings is 1. The van der Waals surface area contributed by atoms with Crippen molar-refractivity contribution in [1.82, 2.24) is 15.0 Å². The summed E-state index contributed by atoms with van der Waals surface area (Å²) < 4.78 is 18.5. The Labute approximate surface area is 156 Å². The average Bonchev–Trinajstić information content (AvgIpc) is 2.92. The van der Waals surface area contributed by atoms with Crippen LogP contribution in [0.5, 0.6) is 0 Å². The van der Waals surface area contributed by atoms with Crippen LogP contribution in [0.1, 0.15) is 42.5 Å². The van der Waals surface area contributed by atoms with Crippen molar-refractivity contribution in [2.24, 2.45) is 0 Å². The minimum absolute atomic E-state index is 0.0211. The maximum atomic E-state index is 13.2. The molecule has 27 heavy (non-hydrogen) atoms. The lowest BCUT2D eigenvalue weighted by Gasteiger charge is -2.21. The number of carbonyl (C=O) groups excluding carboxylic acids is 2. The maximum Gasteiger partial charge on any atom is 0.292 e. The van der Waals surface area contributed by atoms with Crippen LogP contribution in [0.4, 0.5) is 4.39 Å². The van der Waals surface area contributed by atoms with Gasteiger partial charge in [-0.1, -0.05) is 5.16 Å². The van der Waals surface area contributed by atoms with Crippen molar-refractivity contribution in [1.29, 1.82) is 0 Å². The zero-order chi connectivity index (χ0) is 19.6. The first kappa shape index (κ1) is 19.0. The smallest absolute Gasteiger partial charge is 0.292 e. The van der Waals surface area contributed by atoms with E-state index < -0.39 is 11.9 Å². The van der Waals surface area contributed by atoms with Gasteiger partial charge >= 0.3 is 0 Å². The van der Waals surface area contributed by atoms with Crippen LogP contribution in [0.15, 0.2) is 28.8 Å². The number of aliphatic hydroxyl groups excluding tert-OH is 1. The average molecular weight is 375 g/mol. The number of halogens is 1. The Hall–Kier alpha value is -2.74. The van der Waals surface area contributed by atoms with Gasteiger partial charge < -0.3 is 19.4 Å². The highest BCUT2D eigenvalue weighted by molar-refractivity contribution is 5.94. The first-order valence-electron chi connectivity index (χ1n) is 8.87. The summed E-state index contributed by atoms with van der Waals surface area (Å²) in [5, 5.41) is 14.2. The van der Waals surface area contributed by atoms with Crippen molar-refractivity contribution < 1.29 is 23.6 Å². The summed E-state index contributed by atoms with van der Waals surface area (Å²) in [5.41, 5.74) is 1.14. The molecule has 1 aromatic heterocycles. The molecule has 1 aliphatic rings. The summed E-state index contributed by atoms with van der Waals surface area (Å²) in [4.78, 5) is 27.8. The second kappa shape index (κ2) is 7.87. The predicted octanol–water partition coefficient (Wildman–Crippen LogP) is 2.23. The zero-order valence-corrected chi connectivity index (χ0v) is 15.3. The number of aromatic nitrogens is 1. The minimum Gasteiger partial charge on any atom is -0.388 e. The second-order valence-electron chi connectivity index (χ2n) is 6.61. The number of hydrogen-bond acceptors (Lipinski definition) is 5. The maximum absolute atomic E-state index is 13.2. The summed E-state index contributed by atoms with van der Waals surface area (Å²) in [6.45, 7) is 4.94. The van der Waals surface area contributed by atoms with Crippen molar-refractivity contribution in [2.45, 2.75) is 26.4 Å². The van der Waals surface area contributed by atoms with E-state index >= 15 is 0 Å². The van der Waals surface area contributed by atoms with Gasteiger partial charge in [0.25, 0.3) is 5.91 Å². The van der Waals surface area contributed by atoms with E-state index in [1.54, 1.807) is 9.80 Å². The lowest BCUT2D eigenvalue weighted by molar-refractivity contribution is -0.128. The van der Waals surface area contributed by atoms with E-state index in [2.05, 4.69) is 5.16 Å². The summed E-state index contributed by atoms with van der Waals surface area (Å²) in [7, 11) is 0. The van der Waals surface area contributed by atoms with Crippen LogP contribution in [0.25, 0.3) is 11.3 Å². The van der Waals surface area contributed by atoms with E-state index in [1.165, 1.54) is 38.1 Å². The molecule has 144 valence electrons. The van der Waals surface area contributed by atoms with Gasteiger partial charge in [-0.25, -0.2) is 4.39 Å². The quantitative estimate of drug-likeness (QED) is 0.889. The minimum atomic E-state index is -0.990. The normalized spacial score (nSPS) is 16.1. The molecule has 1 aliphatic heterocycles. The number of aliphatic hydroxyl groups is 1. The topological polar surface area (TPSA) is 86.9 Å². The molecule has 1 fully saturated rings. The number of rotatable bonds is 3. The molecule has 0 aliphatic carbocycles. The summed E-state index contributed by atoms with van der Waals surface area (Å²) >= 11 is 0. The van der Waals surface area contributed by atoms with Crippen LogP contribution in [-0.4, -0.2) is 58.1 Å². The highest BCUT2D eigenvalue weighted by Crippen LogP contribution is 2.31. The molecule has 7 nitrogen and oxygen atoms in total. The Morgan fingerprint density at radius 3 is 2.41 bits per heavy atom. The van der Waals surface area contributed by atoms with Crippen LogP contribution < -0.4 is 0 Å². The molecule has 8 heteroatoms. The van der Waals surface area contributed by atoms with E-state index in [4.69, 9.17) is 4.52 Å². The fraction of sp³-hybridized carbons (Fsp3) is 0.421. The Morgan fingerprint density at radius 1 is 1.15 bits per heavy atom. The molecule has 1 atom stereocenters. The fourth-order valence-electron chi connectivity index (χ4n) is 3.23. The Morgan fingerprint density at radius 2 is 1.78 bits per heavy atom. The van der Waals surface area contributed by atoms with Gasteiger partial charge in [0.15, 0.2) is 0 Å². The molecule has 3 rings (SSSR count). The molecule has 0 bridgehead atoms. The van der Waals surface area contributed by atoms with Crippen molar-refractivity contribution in [2.75, 3.05) is 26.2 Å². The van der Waals surface area contributed by atoms with Crippen molar-refractivity contribution in [3.63, 3.8) is 0 Å². The SMILES string of the molecule is CC(=O)N1CCCN(C(=O)c2onc(-c3ccc(F)cc3)c2[C@H](C)O)CC1. The predicted molar refractivity (Wildman–Crippen MR) is 95.3 cm³/mol. The third-order valence-corrected chi connectivity index (χ3v) is 4.69. The molecular weight excluding hydrogens is 353 g/mol. The van der Waals surface area contributed by atoms with Gasteiger partial charge in [-0.05, 0) is 37.6 Å². The largest absolute Gasteiger partial charge is 0.388 e. The van der Waals surface area contributed by atoms with E-state index in [-0.39, 0.29) is 23.1 Å². The highest BCUT2D eigenvalue weighted by Gasteiger charge is 2.30. The van der Waals surface area contributed by atoms with Crippen molar-refractivity contribution >= 4 is 11.8 Å². The monoisotopic (exact) mass is 375 g/mol. The molecule has 1 saturated heterocycles. The van der Waals surface area contributed by atoms with Crippen LogP contribution >= 0.6 is 0 Å². The summed E-state index contributed by atoms with van der Waals surface area (Å²) in [5.74, 6) is -0.818. The molecule has 2 amide bonds. The van der Waals surface area contributed by atoms with Crippen LogP contribution in [0.2, 0.25) is 0 Å². The number of carbonyl (C=O) groups is 2. The van der Waals surface area contributed by atoms with E-state index in [0.29, 0.717) is 43.9 Å². The molecule has 2 heterocycles. The molecule has 0 unspecified atom stereocenters. The standard InChI is InChI=1S/C19H22FN3O4/c1-12(24)16-17(14-4-6-15(20)7-5-14)21-27-18(16)19(26)23-9-3-8-22(10-11-23)13(2)25/h4-7,12,24H,3,8-11H2,1-2H3/t12-/m0/s1. The lowest BCUT2D eigenvalue weighted by atomic mass is 10.0. The molecule has 1 N–H and O–H groups in total. The van der Waals surface area contributed by atoms with Gasteiger partial charge in [0.05, 0.1) is 11.7 Å². The van der Waals surface area contributed by atoms with Gasteiger partial charge in [0.1, 0.15) is 11.5 Å². The number of hydrogen-bond donors (Lipinski definition) is 1. The third-order valence-electron chi connectivity index (χ3n) is 4.69. The lowest BCUT2D eigenvalue weighted by Crippen LogP contribution is -2.36. The second-order valence-corrected chi connectivity index (χ2v) is 6.61. The zero-order valence-electron chi connectivity index (χ0n) is 15.3. The van der Waals surface area contributed by atoms with Crippen molar-refractivity contribution in [3.05, 3.63) is 41.4 Å². The first-order valence-corrected chi connectivity index (χ1v) is 8.87. The van der Waals surface area contributed by atoms with Crippen LogP contribution in [0, 0.1) is 5.82 Å².